The molecule has 1 aromatic carbocycles. The van der Waals surface area contributed by atoms with Crippen LogP contribution in [0.1, 0.15) is 18.4 Å². The first-order valence-electron chi connectivity index (χ1n) is 5.09. The molecule has 2 amide bonds. The molecule has 0 heterocycles. The summed E-state index contributed by atoms with van der Waals surface area (Å²) < 4.78 is 0. The molecule has 2 rings (SSSR count). The first-order valence-corrected chi connectivity index (χ1v) is 5.85. The molecular formula is C11H12Cl2N2O. The summed E-state index contributed by atoms with van der Waals surface area (Å²) in [5.41, 5.74) is 1.43. The van der Waals surface area contributed by atoms with Gasteiger partial charge in [0.2, 0.25) is 0 Å². The first kappa shape index (κ1) is 11.6. The molecule has 0 aliphatic heterocycles. The molecule has 0 saturated heterocycles. The van der Waals surface area contributed by atoms with Crippen molar-refractivity contribution in [2.24, 2.45) is 0 Å². The molecule has 1 aliphatic carbocycles. The van der Waals surface area contributed by atoms with E-state index in [1.165, 1.54) is 0 Å². The molecule has 16 heavy (non-hydrogen) atoms. The molecular weight excluding hydrogens is 247 g/mol. The van der Waals surface area contributed by atoms with Crippen molar-refractivity contribution >= 4 is 34.9 Å². The third kappa shape index (κ3) is 2.80. The van der Waals surface area contributed by atoms with Crippen molar-refractivity contribution in [3.05, 3.63) is 27.7 Å². The number of benzene rings is 1. The van der Waals surface area contributed by atoms with Gasteiger partial charge in [-0.3, -0.25) is 0 Å². The van der Waals surface area contributed by atoms with Gasteiger partial charge < -0.3 is 10.6 Å². The van der Waals surface area contributed by atoms with Crippen LogP contribution >= 0.6 is 23.2 Å². The number of rotatable bonds is 2. The highest BCUT2D eigenvalue weighted by atomic mass is 35.5. The quantitative estimate of drug-likeness (QED) is 0.837. The second-order valence-corrected chi connectivity index (χ2v) is 4.75. The normalized spacial score (nSPS) is 14.7. The molecule has 1 fully saturated rings. The molecule has 86 valence electrons. The molecule has 1 aromatic rings. The lowest BCUT2D eigenvalue weighted by Crippen LogP contribution is -2.30. The average molecular weight is 259 g/mol. The number of nitrogens with one attached hydrogen (secondary N) is 2. The maximum Gasteiger partial charge on any atom is 0.319 e. The Kier molecular flexibility index (Phi) is 3.26. The predicted molar refractivity (Wildman–Crippen MR) is 66.4 cm³/mol. The molecule has 1 aliphatic rings. The standard InChI is InChI=1S/C11H12Cl2N2O/c1-6-9(12)4-8(5-10(6)13)15-11(16)14-7-2-3-7/h4-5,7H,2-3H2,1H3,(H2,14,15,16). The van der Waals surface area contributed by atoms with Gasteiger partial charge in [0.1, 0.15) is 0 Å². The SMILES string of the molecule is Cc1c(Cl)cc(NC(=O)NC2CC2)cc1Cl. The van der Waals surface area contributed by atoms with Crippen LogP contribution in [0.2, 0.25) is 10.0 Å². The van der Waals surface area contributed by atoms with Gasteiger partial charge in [-0.05, 0) is 37.5 Å². The third-order valence-electron chi connectivity index (χ3n) is 2.45. The van der Waals surface area contributed by atoms with E-state index in [4.69, 9.17) is 23.2 Å². The van der Waals surface area contributed by atoms with Crippen LogP contribution in [0.15, 0.2) is 12.1 Å². The summed E-state index contributed by atoms with van der Waals surface area (Å²) in [6.45, 7) is 1.83. The number of anilines is 1. The van der Waals surface area contributed by atoms with Gasteiger partial charge in [0.05, 0.1) is 0 Å². The molecule has 3 nitrogen and oxygen atoms in total. The molecule has 0 spiro atoms. The van der Waals surface area contributed by atoms with E-state index < -0.39 is 0 Å². The number of hydrogen-bond acceptors (Lipinski definition) is 1. The number of hydrogen-bond donors (Lipinski definition) is 2. The Morgan fingerprint density at radius 3 is 2.38 bits per heavy atom. The molecule has 2 N–H and O–H groups in total. The van der Waals surface area contributed by atoms with Crippen LogP contribution in [0.4, 0.5) is 10.5 Å². The second kappa shape index (κ2) is 4.52. The number of carbonyl (C=O) groups excluding carboxylic acids is 1. The number of amides is 2. The van der Waals surface area contributed by atoms with E-state index in [0.717, 1.165) is 18.4 Å². The highest BCUT2D eigenvalue weighted by Crippen LogP contribution is 2.28. The van der Waals surface area contributed by atoms with E-state index >= 15 is 0 Å². The summed E-state index contributed by atoms with van der Waals surface area (Å²) in [5.74, 6) is 0. The van der Waals surface area contributed by atoms with E-state index in [9.17, 15) is 4.79 Å². The van der Waals surface area contributed by atoms with Crippen LogP contribution < -0.4 is 10.6 Å². The largest absolute Gasteiger partial charge is 0.335 e. The minimum atomic E-state index is -0.210. The molecule has 0 radical (unpaired) electrons. The maximum atomic E-state index is 11.5. The van der Waals surface area contributed by atoms with Crippen molar-refractivity contribution in [3.8, 4) is 0 Å². The van der Waals surface area contributed by atoms with Crippen LogP contribution in [0.5, 0.6) is 0 Å². The Labute approximate surface area is 104 Å². The van der Waals surface area contributed by atoms with E-state index in [2.05, 4.69) is 10.6 Å². The number of carbonyl (C=O) groups is 1. The first-order chi connectivity index (χ1) is 7.56. The maximum absolute atomic E-state index is 11.5. The van der Waals surface area contributed by atoms with Gasteiger partial charge in [0.15, 0.2) is 0 Å². The van der Waals surface area contributed by atoms with Crippen LogP contribution in [0.3, 0.4) is 0 Å². The van der Waals surface area contributed by atoms with Gasteiger partial charge in [-0.1, -0.05) is 23.2 Å². The topological polar surface area (TPSA) is 41.1 Å². The summed E-state index contributed by atoms with van der Waals surface area (Å²) in [4.78, 5) is 11.5. The molecule has 5 heteroatoms. The van der Waals surface area contributed by atoms with E-state index in [1.54, 1.807) is 12.1 Å². The monoisotopic (exact) mass is 258 g/mol. The Bertz CT molecular complexity index is 407. The summed E-state index contributed by atoms with van der Waals surface area (Å²) >= 11 is 11.9. The van der Waals surface area contributed by atoms with Gasteiger partial charge in [-0.25, -0.2) is 4.79 Å². The molecule has 1 saturated carbocycles. The Balaban J connectivity index is 2.05. The lowest BCUT2D eigenvalue weighted by atomic mass is 10.2. The van der Waals surface area contributed by atoms with Gasteiger partial charge >= 0.3 is 6.03 Å². The van der Waals surface area contributed by atoms with Gasteiger partial charge in [0.25, 0.3) is 0 Å². The van der Waals surface area contributed by atoms with Gasteiger partial charge in [0, 0.05) is 21.8 Å². The summed E-state index contributed by atoms with van der Waals surface area (Å²) in [6, 6.07) is 3.50. The average Bonchev–Trinajstić information content (AvgIpc) is 2.97. The summed E-state index contributed by atoms with van der Waals surface area (Å²) in [6.07, 6.45) is 2.12. The third-order valence-corrected chi connectivity index (χ3v) is 3.24. The Hall–Kier alpha value is -0.930. The predicted octanol–water partition coefficient (Wildman–Crippen LogP) is 3.59. The second-order valence-electron chi connectivity index (χ2n) is 3.94. The Morgan fingerprint density at radius 2 is 1.88 bits per heavy atom. The summed E-state index contributed by atoms with van der Waals surface area (Å²) in [7, 11) is 0. The highest BCUT2D eigenvalue weighted by molar-refractivity contribution is 6.36. The van der Waals surface area contributed by atoms with Crippen LogP contribution in [-0.2, 0) is 0 Å². The van der Waals surface area contributed by atoms with Crippen LogP contribution in [-0.4, -0.2) is 12.1 Å². The van der Waals surface area contributed by atoms with Crippen molar-refractivity contribution in [2.45, 2.75) is 25.8 Å². The fourth-order valence-electron chi connectivity index (χ4n) is 1.30. The van der Waals surface area contributed by atoms with Crippen LogP contribution in [0, 0.1) is 6.92 Å². The fraction of sp³-hybridized carbons (Fsp3) is 0.364. The fourth-order valence-corrected chi connectivity index (χ4v) is 1.78. The Morgan fingerprint density at radius 1 is 1.31 bits per heavy atom. The zero-order chi connectivity index (χ0) is 11.7. The molecule has 0 atom stereocenters. The van der Waals surface area contributed by atoms with Crippen molar-refractivity contribution in [3.63, 3.8) is 0 Å². The zero-order valence-electron chi connectivity index (χ0n) is 8.81. The lowest BCUT2D eigenvalue weighted by Gasteiger charge is -2.09. The van der Waals surface area contributed by atoms with Crippen LogP contribution in [0.25, 0.3) is 0 Å². The van der Waals surface area contributed by atoms with Gasteiger partial charge in [-0.2, -0.15) is 0 Å². The van der Waals surface area contributed by atoms with Crippen molar-refractivity contribution in [2.75, 3.05) is 5.32 Å². The zero-order valence-corrected chi connectivity index (χ0v) is 10.3. The van der Waals surface area contributed by atoms with Gasteiger partial charge in [-0.15, -0.1) is 0 Å². The van der Waals surface area contributed by atoms with Crippen molar-refractivity contribution < 1.29 is 4.79 Å². The minimum Gasteiger partial charge on any atom is -0.335 e. The molecule has 0 unspecified atom stereocenters. The number of urea groups is 1. The molecule has 0 bridgehead atoms. The number of halogens is 2. The van der Waals surface area contributed by atoms with Crippen molar-refractivity contribution in [1.29, 1.82) is 0 Å². The molecule has 0 aromatic heterocycles. The van der Waals surface area contributed by atoms with Crippen molar-refractivity contribution in [1.82, 2.24) is 5.32 Å². The van der Waals surface area contributed by atoms with E-state index in [0.29, 0.717) is 21.8 Å². The smallest absolute Gasteiger partial charge is 0.319 e. The lowest BCUT2D eigenvalue weighted by molar-refractivity contribution is 0.251. The summed E-state index contributed by atoms with van der Waals surface area (Å²) in [5, 5.41) is 6.62. The minimum absolute atomic E-state index is 0.210. The highest BCUT2D eigenvalue weighted by Gasteiger charge is 2.23. The van der Waals surface area contributed by atoms with E-state index in [-0.39, 0.29) is 6.03 Å². The van der Waals surface area contributed by atoms with E-state index in [1.807, 2.05) is 6.92 Å².